The Morgan fingerprint density at radius 3 is 2.80 bits per heavy atom. The lowest BCUT2D eigenvalue weighted by Gasteiger charge is -2.20. The average molecular weight is 340 g/mol. The van der Waals surface area contributed by atoms with E-state index in [1.165, 1.54) is 0 Å². The number of anilines is 1. The van der Waals surface area contributed by atoms with Crippen molar-refractivity contribution in [3.05, 3.63) is 47.7 Å². The zero-order chi connectivity index (χ0) is 17.6. The summed E-state index contributed by atoms with van der Waals surface area (Å²) in [6, 6.07) is 11.8. The van der Waals surface area contributed by atoms with Gasteiger partial charge in [-0.3, -0.25) is 9.59 Å². The fraction of sp³-hybridized carbons (Fsp3) is 0.421. The van der Waals surface area contributed by atoms with Crippen molar-refractivity contribution < 1.29 is 9.59 Å². The van der Waals surface area contributed by atoms with Gasteiger partial charge < -0.3 is 10.2 Å². The number of hydrogen-bond acceptors (Lipinski definition) is 3. The zero-order valence-corrected chi connectivity index (χ0v) is 14.6. The van der Waals surface area contributed by atoms with E-state index < -0.39 is 0 Å². The zero-order valence-electron chi connectivity index (χ0n) is 14.6. The summed E-state index contributed by atoms with van der Waals surface area (Å²) in [6.45, 7) is 3.26. The maximum atomic E-state index is 12.4. The van der Waals surface area contributed by atoms with Crippen LogP contribution in [0.4, 0.5) is 5.82 Å². The van der Waals surface area contributed by atoms with Crippen molar-refractivity contribution in [2.75, 3.05) is 18.4 Å². The smallest absolute Gasteiger partial charge is 0.245 e. The summed E-state index contributed by atoms with van der Waals surface area (Å²) in [5.74, 6) is 0.555. The number of likely N-dealkylation sites (tertiary alicyclic amines) is 1. The second-order valence-corrected chi connectivity index (χ2v) is 6.49. The van der Waals surface area contributed by atoms with Crippen molar-refractivity contribution in [2.45, 2.75) is 39.2 Å². The minimum atomic E-state index is -0.176. The van der Waals surface area contributed by atoms with Gasteiger partial charge in [0.15, 0.2) is 0 Å². The van der Waals surface area contributed by atoms with E-state index in [-0.39, 0.29) is 18.4 Å². The van der Waals surface area contributed by atoms with Crippen LogP contribution in [0.5, 0.6) is 0 Å². The first-order valence-electron chi connectivity index (χ1n) is 8.78. The highest BCUT2D eigenvalue weighted by atomic mass is 16.2. The van der Waals surface area contributed by atoms with Crippen LogP contribution >= 0.6 is 0 Å². The van der Waals surface area contributed by atoms with E-state index in [2.05, 4.69) is 10.4 Å². The van der Waals surface area contributed by atoms with Gasteiger partial charge in [-0.2, -0.15) is 5.10 Å². The molecule has 0 unspecified atom stereocenters. The second kappa shape index (κ2) is 7.96. The number of amides is 2. The first-order valence-corrected chi connectivity index (χ1v) is 8.78. The first kappa shape index (κ1) is 17.2. The van der Waals surface area contributed by atoms with Crippen LogP contribution in [0.3, 0.4) is 0 Å². The van der Waals surface area contributed by atoms with Crippen molar-refractivity contribution in [1.82, 2.24) is 14.7 Å². The quantitative estimate of drug-likeness (QED) is 0.910. The van der Waals surface area contributed by atoms with Crippen LogP contribution in [0.25, 0.3) is 0 Å². The van der Waals surface area contributed by atoms with Crippen LogP contribution in [0.15, 0.2) is 36.4 Å². The molecule has 25 heavy (non-hydrogen) atoms. The van der Waals surface area contributed by atoms with E-state index >= 15 is 0 Å². The first-order chi connectivity index (χ1) is 12.1. The molecule has 0 bridgehead atoms. The van der Waals surface area contributed by atoms with E-state index in [1.807, 2.05) is 43.3 Å². The van der Waals surface area contributed by atoms with Crippen LogP contribution in [-0.2, 0) is 16.1 Å². The Morgan fingerprint density at radius 1 is 1.20 bits per heavy atom. The van der Waals surface area contributed by atoms with Crippen molar-refractivity contribution in [2.24, 2.45) is 0 Å². The Labute approximate surface area is 147 Å². The standard InChI is InChI=1S/C19H24N4O2/c1-15-12-17(23(21-15)13-16-8-4-2-5-9-16)20-18(24)14-22-11-7-3-6-10-19(22)25/h2,4-5,8-9,12H,3,6-7,10-11,13-14H2,1H3,(H,20,24). The summed E-state index contributed by atoms with van der Waals surface area (Å²) < 4.78 is 1.78. The molecule has 2 aromatic rings. The van der Waals surface area contributed by atoms with Gasteiger partial charge in [-0.1, -0.05) is 36.8 Å². The van der Waals surface area contributed by atoms with Crippen molar-refractivity contribution in [1.29, 1.82) is 0 Å². The van der Waals surface area contributed by atoms with E-state index in [1.54, 1.807) is 9.58 Å². The number of aromatic nitrogens is 2. The third-order valence-electron chi connectivity index (χ3n) is 4.35. The molecule has 0 spiro atoms. The van der Waals surface area contributed by atoms with Crippen LogP contribution in [0.1, 0.15) is 36.9 Å². The minimum absolute atomic E-state index is 0.0709. The topological polar surface area (TPSA) is 67.2 Å². The number of nitrogens with one attached hydrogen (secondary N) is 1. The molecule has 3 rings (SSSR count). The average Bonchev–Trinajstić information content (AvgIpc) is 2.79. The molecule has 0 radical (unpaired) electrons. The highest BCUT2D eigenvalue weighted by Gasteiger charge is 2.20. The van der Waals surface area contributed by atoms with E-state index in [4.69, 9.17) is 0 Å². The number of hydrogen-bond donors (Lipinski definition) is 1. The summed E-state index contributed by atoms with van der Waals surface area (Å²) in [7, 11) is 0. The van der Waals surface area contributed by atoms with E-state index in [9.17, 15) is 9.59 Å². The molecule has 0 aliphatic carbocycles. The molecule has 6 nitrogen and oxygen atoms in total. The lowest BCUT2D eigenvalue weighted by Crippen LogP contribution is -2.37. The third-order valence-corrected chi connectivity index (χ3v) is 4.35. The van der Waals surface area contributed by atoms with Gasteiger partial charge in [-0.25, -0.2) is 4.68 Å². The van der Waals surface area contributed by atoms with Gasteiger partial charge in [0.2, 0.25) is 11.8 Å². The Bertz CT molecular complexity index is 739. The molecule has 2 amide bonds. The molecule has 132 valence electrons. The maximum Gasteiger partial charge on any atom is 0.245 e. The minimum Gasteiger partial charge on any atom is -0.333 e. The molecule has 0 saturated carbocycles. The molecule has 1 aromatic carbocycles. The summed E-state index contributed by atoms with van der Waals surface area (Å²) in [5, 5.41) is 7.36. The van der Waals surface area contributed by atoms with Gasteiger partial charge in [-0.15, -0.1) is 0 Å². The van der Waals surface area contributed by atoms with Gasteiger partial charge in [0.25, 0.3) is 0 Å². The number of rotatable bonds is 5. The van der Waals surface area contributed by atoms with Crippen LogP contribution in [0, 0.1) is 6.92 Å². The molecule has 2 heterocycles. The number of carbonyl (C=O) groups excluding carboxylic acids is 2. The fourth-order valence-corrected chi connectivity index (χ4v) is 3.08. The monoisotopic (exact) mass is 340 g/mol. The molecule has 1 fully saturated rings. The molecule has 1 aliphatic heterocycles. The SMILES string of the molecule is Cc1cc(NC(=O)CN2CCCCCC2=O)n(Cc2ccccc2)n1. The maximum absolute atomic E-state index is 12.4. The molecule has 6 heteroatoms. The lowest BCUT2D eigenvalue weighted by molar-refractivity contribution is -0.134. The highest BCUT2D eigenvalue weighted by molar-refractivity contribution is 5.94. The van der Waals surface area contributed by atoms with Gasteiger partial charge in [0.1, 0.15) is 5.82 Å². The van der Waals surface area contributed by atoms with Crippen molar-refractivity contribution >= 4 is 17.6 Å². The van der Waals surface area contributed by atoms with Gasteiger partial charge in [0.05, 0.1) is 18.8 Å². The van der Waals surface area contributed by atoms with Crippen LogP contribution in [0.2, 0.25) is 0 Å². The third kappa shape index (κ3) is 4.68. The molecule has 1 aromatic heterocycles. The van der Waals surface area contributed by atoms with Gasteiger partial charge in [0, 0.05) is 19.0 Å². The lowest BCUT2D eigenvalue weighted by atomic mass is 10.2. The van der Waals surface area contributed by atoms with E-state index in [0.29, 0.717) is 25.3 Å². The molecule has 1 saturated heterocycles. The van der Waals surface area contributed by atoms with Crippen molar-refractivity contribution in [3.8, 4) is 0 Å². The predicted molar refractivity (Wildman–Crippen MR) is 96.2 cm³/mol. The van der Waals surface area contributed by atoms with Gasteiger partial charge >= 0.3 is 0 Å². The van der Waals surface area contributed by atoms with Gasteiger partial charge in [-0.05, 0) is 25.3 Å². The molecule has 1 N–H and O–H groups in total. The molecule has 1 aliphatic rings. The van der Waals surface area contributed by atoms with Crippen molar-refractivity contribution in [3.63, 3.8) is 0 Å². The normalized spacial score (nSPS) is 15.1. The molecular formula is C19H24N4O2. The second-order valence-electron chi connectivity index (χ2n) is 6.49. The number of aryl methyl sites for hydroxylation is 1. The summed E-state index contributed by atoms with van der Waals surface area (Å²) in [6.07, 6.45) is 3.47. The fourth-order valence-electron chi connectivity index (χ4n) is 3.08. The van der Waals surface area contributed by atoms with E-state index in [0.717, 1.165) is 30.5 Å². The Hall–Kier alpha value is -2.63. The van der Waals surface area contributed by atoms with Crippen LogP contribution < -0.4 is 5.32 Å². The Kier molecular flexibility index (Phi) is 5.48. The Morgan fingerprint density at radius 2 is 2.00 bits per heavy atom. The predicted octanol–water partition coefficient (Wildman–Crippen LogP) is 2.58. The number of benzene rings is 1. The summed E-state index contributed by atoms with van der Waals surface area (Å²) in [4.78, 5) is 26.1. The molecular weight excluding hydrogens is 316 g/mol. The highest BCUT2D eigenvalue weighted by Crippen LogP contribution is 2.14. The largest absolute Gasteiger partial charge is 0.333 e. The Balaban J connectivity index is 1.66. The molecule has 0 atom stereocenters. The number of nitrogens with zero attached hydrogens (tertiary/aromatic N) is 3. The van der Waals surface area contributed by atoms with Crippen LogP contribution in [-0.4, -0.2) is 39.6 Å². The summed E-state index contributed by atoms with van der Waals surface area (Å²) in [5.41, 5.74) is 1.96. The summed E-state index contributed by atoms with van der Waals surface area (Å²) >= 11 is 0. The number of carbonyl (C=O) groups is 2.